The largest absolute Gasteiger partial charge is 0.356 e. The topological polar surface area (TPSA) is 41.1 Å². The summed E-state index contributed by atoms with van der Waals surface area (Å²) in [5, 5.41) is 6.38. The molecular weight excluding hydrogens is 152 g/mol. The zero-order valence-electron chi connectivity index (χ0n) is 7.31. The Kier molecular flexibility index (Phi) is 2.30. The SMILES string of the molecule is O=C1CC(C2CCCCN2)CN1. The van der Waals surface area contributed by atoms with Crippen LogP contribution in [0.15, 0.2) is 0 Å². The molecule has 2 unspecified atom stereocenters. The van der Waals surface area contributed by atoms with Gasteiger partial charge in [0, 0.05) is 24.9 Å². The zero-order chi connectivity index (χ0) is 8.39. The van der Waals surface area contributed by atoms with Crippen LogP contribution in [0.4, 0.5) is 0 Å². The third kappa shape index (κ3) is 1.61. The maximum Gasteiger partial charge on any atom is 0.220 e. The number of rotatable bonds is 1. The molecule has 3 heteroatoms. The first-order valence-electron chi connectivity index (χ1n) is 4.86. The van der Waals surface area contributed by atoms with Crippen molar-refractivity contribution in [1.29, 1.82) is 0 Å². The van der Waals surface area contributed by atoms with Gasteiger partial charge >= 0.3 is 0 Å². The molecule has 2 fully saturated rings. The van der Waals surface area contributed by atoms with Gasteiger partial charge in [0.15, 0.2) is 0 Å². The summed E-state index contributed by atoms with van der Waals surface area (Å²) >= 11 is 0. The van der Waals surface area contributed by atoms with Gasteiger partial charge in [-0.2, -0.15) is 0 Å². The van der Waals surface area contributed by atoms with Crippen LogP contribution < -0.4 is 10.6 Å². The van der Waals surface area contributed by atoms with E-state index in [0.717, 1.165) is 19.5 Å². The minimum atomic E-state index is 0.229. The van der Waals surface area contributed by atoms with E-state index >= 15 is 0 Å². The molecule has 1 amide bonds. The molecule has 0 aromatic rings. The molecule has 2 heterocycles. The van der Waals surface area contributed by atoms with Gasteiger partial charge in [-0.25, -0.2) is 0 Å². The number of amides is 1. The Morgan fingerprint density at radius 3 is 2.83 bits per heavy atom. The van der Waals surface area contributed by atoms with E-state index in [-0.39, 0.29) is 5.91 Å². The highest BCUT2D eigenvalue weighted by Crippen LogP contribution is 2.20. The Balaban J connectivity index is 1.86. The second-order valence-corrected chi connectivity index (χ2v) is 3.82. The van der Waals surface area contributed by atoms with Crippen LogP contribution in [0.1, 0.15) is 25.7 Å². The van der Waals surface area contributed by atoms with E-state index in [1.807, 2.05) is 0 Å². The number of nitrogens with one attached hydrogen (secondary N) is 2. The molecule has 0 spiro atoms. The van der Waals surface area contributed by atoms with Crippen molar-refractivity contribution in [2.45, 2.75) is 31.7 Å². The van der Waals surface area contributed by atoms with Gasteiger partial charge in [-0.1, -0.05) is 6.42 Å². The molecule has 0 saturated carbocycles. The molecule has 68 valence electrons. The van der Waals surface area contributed by atoms with E-state index in [9.17, 15) is 4.79 Å². The van der Waals surface area contributed by atoms with E-state index in [0.29, 0.717) is 12.0 Å². The summed E-state index contributed by atoms with van der Waals surface area (Å²) in [7, 11) is 0. The lowest BCUT2D eigenvalue weighted by molar-refractivity contribution is -0.119. The van der Waals surface area contributed by atoms with E-state index in [1.54, 1.807) is 0 Å². The Bertz CT molecular complexity index is 175. The average molecular weight is 168 g/mol. The van der Waals surface area contributed by atoms with Crippen molar-refractivity contribution in [2.75, 3.05) is 13.1 Å². The lowest BCUT2D eigenvalue weighted by atomic mass is 9.91. The van der Waals surface area contributed by atoms with Crippen molar-refractivity contribution in [2.24, 2.45) is 5.92 Å². The molecule has 2 saturated heterocycles. The second kappa shape index (κ2) is 3.44. The van der Waals surface area contributed by atoms with Crippen LogP contribution in [0.5, 0.6) is 0 Å². The predicted octanol–water partition coefficient (Wildman–Crippen LogP) is 0.265. The summed E-state index contributed by atoms with van der Waals surface area (Å²) in [4.78, 5) is 11.0. The lowest BCUT2D eigenvalue weighted by Crippen LogP contribution is -2.40. The number of piperidine rings is 1. The van der Waals surface area contributed by atoms with Gasteiger partial charge < -0.3 is 10.6 Å². The van der Waals surface area contributed by atoms with E-state index in [2.05, 4.69) is 10.6 Å². The highest BCUT2D eigenvalue weighted by molar-refractivity contribution is 5.78. The molecule has 2 N–H and O–H groups in total. The molecule has 2 rings (SSSR count). The molecule has 0 aromatic heterocycles. The molecule has 12 heavy (non-hydrogen) atoms. The maximum absolute atomic E-state index is 11.0. The molecule has 0 aliphatic carbocycles. The molecule has 2 aliphatic rings. The molecular formula is C9H16N2O. The summed E-state index contributed by atoms with van der Waals surface area (Å²) in [5.41, 5.74) is 0. The summed E-state index contributed by atoms with van der Waals surface area (Å²) in [6.07, 6.45) is 4.60. The van der Waals surface area contributed by atoms with Crippen LogP contribution >= 0.6 is 0 Å². The van der Waals surface area contributed by atoms with Crippen molar-refractivity contribution in [3.63, 3.8) is 0 Å². The van der Waals surface area contributed by atoms with Crippen LogP contribution in [-0.4, -0.2) is 25.0 Å². The van der Waals surface area contributed by atoms with Crippen molar-refractivity contribution in [1.82, 2.24) is 10.6 Å². The highest BCUT2D eigenvalue weighted by Gasteiger charge is 2.29. The zero-order valence-corrected chi connectivity index (χ0v) is 7.31. The summed E-state index contributed by atoms with van der Waals surface area (Å²) < 4.78 is 0. The monoisotopic (exact) mass is 168 g/mol. The fourth-order valence-electron chi connectivity index (χ4n) is 2.19. The first kappa shape index (κ1) is 8.05. The van der Waals surface area contributed by atoms with Gasteiger partial charge in [-0.05, 0) is 19.4 Å². The van der Waals surface area contributed by atoms with Gasteiger partial charge in [0.1, 0.15) is 0 Å². The molecule has 3 nitrogen and oxygen atoms in total. The minimum absolute atomic E-state index is 0.229. The van der Waals surface area contributed by atoms with Gasteiger partial charge in [0.25, 0.3) is 0 Å². The standard InChI is InChI=1S/C9H16N2O/c12-9-5-7(6-11-9)8-3-1-2-4-10-8/h7-8,10H,1-6H2,(H,11,12). The number of hydrogen-bond acceptors (Lipinski definition) is 2. The Morgan fingerprint density at radius 2 is 2.25 bits per heavy atom. The highest BCUT2D eigenvalue weighted by atomic mass is 16.1. The van der Waals surface area contributed by atoms with Crippen LogP contribution in [0, 0.1) is 5.92 Å². The maximum atomic E-state index is 11.0. The Hall–Kier alpha value is -0.570. The van der Waals surface area contributed by atoms with Crippen molar-refractivity contribution in [3.8, 4) is 0 Å². The van der Waals surface area contributed by atoms with Gasteiger partial charge in [-0.15, -0.1) is 0 Å². The van der Waals surface area contributed by atoms with Crippen LogP contribution in [-0.2, 0) is 4.79 Å². The molecule has 0 bridgehead atoms. The lowest BCUT2D eigenvalue weighted by Gasteiger charge is -2.27. The third-order valence-electron chi connectivity index (χ3n) is 2.93. The Labute approximate surface area is 72.9 Å². The fourth-order valence-corrected chi connectivity index (χ4v) is 2.19. The first-order valence-corrected chi connectivity index (χ1v) is 4.86. The second-order valence-electron chi connectivity index (χ2n) is 3.82. The number of hydrogen-bond donors (Lipinski definition) is 2. The van der Waals surface area contributed by atoms with E-state index in [1.165, 1.54) is 19.3 Å². The minimum Gasteiger partial charge on any atom is -0.356 e. The first-order chi connectivity index (χ1) is 5.86. The Morgan fingerprint density at radius 1 is 1.33 bits per heavy atom. The summed E-state index contributed by atoms with van der Waals surface area (Å²) in [6, 6.07) is 0.595. The van der Waals surface area contributed by atoms with Crippen LogP contribution in [0.2, 0.25) is 0 Å². The molecule has 0 radical (unpaired) electrons. The van der Waals surface area contributed by atoms with Crippen molar-refractivity contribution in [3.05, 3.63) is 0 Å². The van der Waals surface area contributed by atoms with Gasteiger partial charge in [-0.3, -0.25) is 4.79 Å². The smallest absolute Gasteiger partial charge is 0.220 e. The van der Waals surface area contributed by atoms with Crippen molar-refractivity contribution < 1.29 is 4.79 Å². The van der Waals surface area contributed by atoms with Crippen molar-refractivity contribution >= 4 is 5.91 Å². The third-order valence-corrected chi connectivity index (χ3v) is 2.93. The summed E-state index contributed by atoms with van der Waals surface area (Å²) in [6.45, 7) is 2.02. The van der Waals surface area contributed by atoms with E-state index < -0.39 is 0 Å². The van der Waals surface area contributed by atoms with Gasteiger partial charge in [0.2, 0.25) is 5.91 Å². The van der Waals surface area contributed by atoms with Gasteiger partial charge in [0.05, 0.1) is 0 Å². The normalized spacial score (nSPS) is 36.5. The van der Waals surface area contributed by atoms with Crippen LogP contribution in [0.25, 0.3) is 0 Å². The molecule has 2 atom stereocenters. The average Bonchev–Trinajstić information content (AvgIpc) is 2.54. The fraction of sp³-hybridized carbons (Fsp3) is 0.889. The molecule has 2 aliphatic heterocycles. The number of carbonyl (C=O) groups excluding carboxylic acids is 1. The van der Waals surface area contributed by atoms with Crippen LogP contribution in [0.3, 0.4) is 0 Å². The predicted molar refractivity (Wildman–Crippen MR) is 46.8 cm³/mol. The van der Waals surface area contributed by atoms with E-state index in [4.69, 9.17) is 0 Å². The summed E-state index contributed by atoms with van der Waals surface area (Å²) in [5.74, 6) is 0.783. The number of carbonyl (C=O) groups is 1. The molecule has 0 aromatic carbocycles. The quantitative estimate of drug-likeness (QED) is 0.590.